The maximum absolute atomic E-state index is 12.1. The Bertz CT molecular complexity index is 221. The third kappa shape index (κ3) is 4.36. The Balaban J connectivity index is 2.49. The van der Waals surface area contributed by atoms with Crippen molar-refractivity contribution in [3.63, 3.8) is 0 Å². The first kappa shape index (κ1) is 14.5. The van der Waals surface area contributed by atoms with Gasteiger partial charge in [0.1, 0.15) is 0 Å². The van der Waals surface area contributed by atoms with Crippen LogP contribution in [0.15, 0.2) is 0 Å². The van der Waals surface area contributed by atoms with Crippen LogP contribution >= 0.6 is 31.9 Å². The highest BCUT2D eigenvalue weighted by atomic mass is 79.9. The Hall–Kier alpha value is 0.430. The average Bonchev–Trinajstić information content (AvgIpc) is 2.57. The maximum atomic E-state index is 12.1. The van der Waals surface area contributed by atoms with Crippen LogP contribution in [0, 0.1) is 5.92 Å². The second-order valence-corrected chi connectivity index (χ2v) is 6.13. The number of halogens is 2. The molecule has 0 aliphatic heterocycles. The Labute approximate surface area is 115 Å². The van der Waals surface area contributed by atoms with Crippen LogP contribution in [0.5, 0.6) is 0 Å². The van der Waals surface area contributed by atoms with E-state index in [0.29, 0.717) is 0 Å². The summed E-state index contributed by atoms with van der Waals surface area (Å²) in [6, 6.07) is 0. The molecular weight excluding hydrogens is 334 g/mol. The number of hydrogen-bond acceptors (Lipinski definition) is 1. The topological polar surface area (TPSA) is 29.1 Å². The minimum atomic E-state index is -0.163. The summed E-state index contributed by atoms with van der Waals surface area (Å²) in [6.45, 7) is 2.06. The molecule has 1 rings (SSSR count). The first-order valence-corrected chi connectivity index (χ1v) is 8.29. The quantitative estimate of drug-likeness (QED) is 0.606. The van der Waals surface area contributed by atoms with E-state index in [1.54, 1.807) is 0 Å². The molecule has 1 fully saturated rings. The van der Waals surface area contributed by atoms with E-state index in [1.807, 2.05) is 0 Å². The van der Waals surface area contributed by atoms with Gasteiger partial charge in [-0.3, -0.25) is 4.79 Å². The van der Waals surface area contributed by atoms with Crippen molar-refractivity contribution in [3.8, 4) is 0 Å². The van der Waals surface area contributed by atoms with E-state index < -0.39 is 0 Å². The van der Waals surface area contributed by atoms with E-state index in [1.165, 1.54) is 25.7 Å². The van der Waals surface area contributed by atoms with Crippen molar-refractivity contribution >= 4 is 37.8 Å². The number of amides is 1. The smallest absolute Gasteiger partial charge is 0.223 e. The molecule has 4 heteroatoms. The lowest BCUT2D eigenvalue weighted by molar-refractivity contribution is -0.126. The molecule has 0 saturated heterocycles. The molecule has 2 nitrogen and oxygen atoms in total. The lowest BCUT2D eigenvalue weighted by Crippen LogP contribution is -2.51. The largest absolute Gasteiger partial charge is 0.349 e. The van der Waals surface area contributed by atoms with Gasteiger partial charge in [-0.2, -0.15) is 0 Å². The SMILES string of the molecule is CC(CBr)(CBr)NC(=O)C1CCCCCC1. The van der Waals surface area contributed by atoms with Crippen LogP contribution in [0.3, 0.4) is 0 Å². The van der Waals surface area contributed by atoms with Gasteiger partial charge in [-0.05, 0) is 19.8 Å². The molecule has 0 radical (unpaired) electrons. The highest BCUT2D eigenvalue weighted by molar-refractivity contribution is 9.09. The van der Waals surface area contributed by atoms with Crippen LogP contribution in [0.4, 0.5) is 0 Å². The number of nitrogens with one attached hydrogen (secondary N) is 1. The molecule has 1 amide bonds. The summed E-state index contributed by atoms with van der Waals surface area (Å²) >= 11 is 6.91. The summed E-state index contributed by atoms with van der Waals surface area (Å²) in [5.41, 5.74) is -0.163. The third-order valence-corrected chi connectivity index (χ3v) is 5.72. The van der Waals surface area contributed by atoms with Gasteiger partial charge in [0.15, 0.2) is 0 Å². The van der Waals surface area contributed by atoms with Crippen molar-refractivity contribution < 1.29 is 4.79 Å². The summed E-state index contributed by atoms with van der Waals surface area (Å²) in [4.78, 5) is 12.1. The van der Waals surface area contributed by atoms with E-state index in [-0.39, 0.29) is 17.4 Å². The van der Waals surface area contributed by atoms with Crippen LogP contribution in [0.25, 0.3) is 0 Å². The van der Waals surface area contributed by atoms with Gasteiger partial charge < -0.3 is 5.32 Å². The summed E-state index contributed by atoms with van der Waals surface area (Å²) in [5, 5.41) is 4.72. The molecule has 94 valence electrons. The van der Waals surface area contributed by atoms with E-state index >= 15 is 0 Å². The molecule has 1 aliphatic rings. The first-order chi connectivity index (χ1) is 7.61. The van der Waals surface area contributed by atoms with Crippen molar-refractivity contribution in [2.75, 3.05) is 10.7 Å². The average molecular weight is 355 g/mol. The van der Waals surface area contributed by atoms with Gasteiger partial charge in [0.2, 0.25) is 5.91 Å². The van der Waals surface area contributed by atoms with E-state index in [2.05, 4.69) is 44.1 Å². The molecule has 1 aliphatic carbocycles. The van der Waals surface area contributed by atoms with Gasteiger partial charge in [-0.25, -0.2) is 0 Å². The van der Waals surface area contributed by atoms with Crippen molar-refractivity contribution in [2.24, 2.45) is 5.92 Å². The number of carbonyl (C=O) groups is 1. The van der Waals surface area contributed by atoms with Crippen molar-refractivity contribution in [1.29, 1.82) is 0 Å². The van der Waals surface area contributed by atoms with E-state index in [9.17, 15) is 4.79 Å². The molecule has 1 N–H and O–H groups in total. The molecule has 16 heavy (non-hydrogen) atoms. The molecule has 0 bridgehead atoms. The van der Waals surface area contributed by atoms with Gasteiger partial charge in [-0.1, -0.05) is 57.5 Å². The normalized spacial score (nSPS) is 19.2. The minimum Gasteiger partial charge on any atom is -0.349 e. The van der Waals surface area contributed by atoms with Gasteiger partial charge in [-0.15, -0.1) is 0 Å². The van der Waals surface area contributed by atoms with Crippen molar-refractivity contribution in [1.82, 2.24) is 5.32 Å². The Morgan fingerprint density at radius 1 is 1.19 bits per heavy atom. The fraction of sp³-hybridized carbons (Fsp3) is 0.917. The first-order valence-electron chi connectivity index (χ1n) is 6.05. The summed E-state index contributed by atoms with van der Waals surface area (Å²) in [7, 11) is 0. The maximum Gasteiger partial charge on any atom is 0.223 e. The van der Waals surface area contributed by atoms with E-state index in [4.69, 9.17) is 0 Å². The number of alkyl halides is 2. The summed E-state index contributed by atoms with van der Waals surface area (Å²) < 4.78 is 0. The Morgan fingerprint density at radius 3 is 2.12 bits per heavy atom. The Kier molecular flexibility index (Phi) is 6.34. The standard InChI is InChI=1S/C12H21Br2NO/c1-12(8-13,9-14)15-11(16)10-6-4-2-3-5-7-10/h10H,2-9H2,1H3,(H,15,16). The molecule has 0 aromatic heterocycles. The zero-order valence-corrected chi connectivity index (χ0v) is 13.1. The van der Waals surface area contributed by atoms with Crippen LogP contribution in [0.1, 0.15) is 45.4 Å². The van der Waals surface area contributed by atoms with Crippen LogP contribution in [0.2, 0.25) is 0 Å². The zero-order valence-electron chi connectivity index (χ0n) is 9.90. The molecule has 0 unspecified atom stereocenters. The second kappa shape index (κ2) is 7.00. The predicted molar refractivity (Wildman–Crippen MR) is 75.3 cm³/mol. The zero-order chi connectivity index (χ0) is 12.0. The Morgan fingerprint density at radius 2 is 1.69 bits per heavy atom. The highest BCUT2D eigenvalue weighted by Crippen LogP contribution is 2.24. The van der Waals surface area contributed by atoms with Gasteiger partial charge in [0.25, 0.3) is 0 Å². The number of hydrogen-bond donors (Lipinski definition) is 1. The van der Waals surface area contributed by atoms with Gasteiger partial charge in [0, 0.05) is 16.6 Å². The summed E-state index contributed by atoms with van der Waals surface area (Å²) in [6.07, 6.45) is 7.11. The number of carbonyl (C=O) groups excluding carboxylic acids is 1. The monoisotopic (exact) mass is 353 g/mol. The molecular formula is C12H21Br2NO. The molecule has 0 spiro atoms. The molecule has 0 aromatic rings. The predicted octanol–water partition coefficient (Wildman–Crippen LogP) is 3.62. The highest BCUT2D eigenvalue weighted by Gasteiger charge is 2.28. The van der Waals surface area contributed by atoms with Gasteiger partial charge in [0.05, 0.1) is 5.54 Å². The molecule has 0 aromatic carbocycles. The fourth-order valence-corrected chi connectivity index (χ4v) is 3.25. The molecule has 0 heterocycles. The lowest BCUT2D eigenvalue weighted by atomic mass is 9.97. The van der Waals surface area contributed by atoms with Crippen molar-refractivity contribution in [2.45, 2.75) is 51.0 Å². The van der Waals surface area contributed by atoms with Crippen LogP contribution in [-0.2, 0) is 4.79 Å². The second-order valence-electron chi connectivity index (χ2n) is 5.01. The molecule has 1 saturated carbocycles. The van der Waals surface area contributed by atoms with Crippen molar-refractivity contribution in [3.05, 3.63) is 0 Å². The fourth-order valence-electron chi connectivity index (χ4n) is 2.04. The van der Waals surface area contributed by atoms with E-state index in [0.717, 1.165) is 23.5 Å². The third-order valence-electron chi connectivity index (χ3n) is 3.24. The summed E-state index contributed by atoms with van der Waals surface area (Å²) in [5.74, 6) is 0.475. The van der Waals surface area contributed by atoms with Crippen LogP contribution in [-0.4, -0.2) is 22.1 Å². The van der Waals surface area contributed by atoms with Crippen LogP contribution < -0.4 is 5.32 Å². The minimum absolute atomic E-state index is 0.163. The lowest BCUT2D eigenvalue weighted by Gasteiger charge is -2.28. The molecule has 0 atom stereocenters. The van der Waals surface area contributed by atoms with Gasteiger partial charge >= 0.3 is 0 Å². The number of rotatable bonds is 4.